The Hall–Kier alpha value is -0.440. The summed E-state index contributed by atoms with van der Waals surface area (Å²) in [6, 6.07) is 0. The molecule has 92 valence electrons. The molecule has 1 aliphatic heterocycles. The molecule has 0 saturated heterocycles. The van der Waals surface area contributed by atoms with Gasteiger partial charge in [-0.15, -0.1) is 11.8 Å². The van der Waals surface area contributed by atoms with E-state index < -0.39 is 0 Å². The molecule has 0 aromatic rings. The van der Waals surface area contributed by atoms with E-state index >= 15 is 0 Å². The van der Waals surface area contributed by atoms with Gasteiger partial charge in [0.2, 0.25) is 5.91 Å². The number of nitrogens with one attached hydrogen (secondary N) is 1. The number of hydrogen-bond acceptors (Lipinski definition) is 2. The maximum atomic E-state index is 12.3. The van der Waals surface area contributed by atoms with Crippen LogP contribution < -0.4 is 5.32 Å². The van der Waals surface area contributed by atoms with Gasteiger partial charge in [0.15, 0.2) is 0 Å². The average Bonchev–Trinajstić information content (AvgIpc) is 2.59. The van der Waals surface area contributed by atoms with E-state index in [4.69, 9.17) is 0 Å². The molecule has 3 heteroatoms. The van der Waals surface area contributed by atoms with E-state index in [1.165, 1.54) is 4.91 Å². The number of allylic oxidation sites excluding steroid dienone is 2. The quantitative estimate of drug-likeness (QED) is 0.819. The first kappa shape index (κ1) is 13.6. The second kappa shape index (κ2) is 4.82. The molecule has 1 unspecified atom stereocenters. The van der Waals surface area contributed by atoms with Crippen molar-refractivity contribution in [3.05, 3.63) is 11.0 Å². The molecule has 0 fully saturated rings. The van der Waals surface area contributed by atoms with E-state index in [9.17, 15) is 4.79 Å². The Morgan fingerprint density at radius 1 is 1.50 bits per heavy atom. The first-order valence-corrected chi connectivity index (χ1v) is 6.85. The lowest BCUT2D eigenvalue weighted by Crippen LogP contribution is -2.50. The number of hydrogen-bond donors (Lipinski definition) is 1. The summed E-state index contributed by atoms with van der Waals surface area (Å²) in [7, 11) is 0. The van der Waals surface area contributed by atoms with Crippen LogP contribution in [-0.2, 0) is 4.79 Å². The second-order valence-electron chi connectivity index (χ2n) is 5.38. The maximum Gasteiger partial charge on any atom is 0.237 e. The minimum Gasteiger partial charge on any atom is -0.350 e. The van der Waals surface area contributed by atoms with Crippen LogP contribution in [-0.4, -0.2) is 16.2 Å². The van der Waals surface area contributed by atoms with Gasteiger partial charge in [-0.2, -0.15) is 0 Å². The van der Waals surface area contributed by atoms with Crippen molar-refractivity contribution in [3.63, 3.8) is 0 Å². The number of carbonyl (C=O) groups is 1. The van der Waals surface area contributed by atoms with Gasteiger partial charge in [0.05, 0.1) is 0 Å². The maximum absolute atomic E-state index is 12.3. The van der Waals surface area contributed by atoms with Crippen molar-refractivity contribution in [3.8, 4) is 0 Å². The Kier molecular flexibility index (Phi) is 4.11. The molecule has 0 radical (unpaired) electrons. The highest BCUT2D eigenvalue weighted by atomic mass is 32.2. The van der Waals surface area contributed by atoms with Gasteiger partial charge >= 0.3 is 0 Å². The third kappa shape index (κ3) is 3.03. The average molecular weight is 241 g/mol. The molecule has 0 saturated carbocycles. The monoisotopic (exact) mass is 241 g/mol. The lowest BCUT2D eigenvalue weighted by atomic mass is 9.98. The van der Waals surface area contributed by atoms with E-state index in [1.54, 1.807) is 11.8 Å². The number of thioether (sulfide) groups is 1. The van der Waals surface area contributed by atoms with Crippen molar-refractivity contribution in [2.45, 2.75) is 64.2 Å². The molecule has 0 bridgehead atoms. The zero-order chi connectivity index (χ0) is 12.4. The molecule has 1 rings (SSSR count). The van der Waals surface area contributed by atoms with Gasteiger partial charge in [0.25, 0.3) is 0 Å². The van der Waals surface area contributed by atoms with Crippen molar-refractivity contribution in [2.24, 2.45) is 0 Å². The van der Waals surface area contributed by atoms with Gasteiger partial charge in [0, 0.05) is 5.54 Å². The summed E-state index contributed by atoms with van der Waals surface area (Å²) >= 11 is 1.76. The van der Waals surface area contributed by atoms with E-state index in [2.05, 4.69) is 25.2 Å². The fourth-order valence-electron chi connectivity index (χ4n) is 1.80. The Morgan fingerprint density at radius 3 is 2.50 bits per heavy atom. The van der Waals surface area contributed by atoms with Crippen molar-refractivity contribution < 1.29 is 4.79 Å². The molecular weight excluding hydrogens is 218 g/mol. The molecule has 1 amide bonds. The van der Waals surface area contributed by atoms with Crippen LogP contribution in [0.15, 0.2) is 11.0 Å². The summed E-state index contributed by atoms with van der Waals surface area (Å²) in [6.07, 6.45) is 5.02. The summed E-state index contributed by atoms with van der Waals surface area (Å²) in [6.45, 7) is 10.3. The van der Waals surface area contributed by atoms with Gasteiger partial charge < -0.3 is 5.32 Å². The number of carbonyl (C=O) groups excluding carboxylic acids is 1. The zero-order valence-electron chi connectivity index (χ0n) is 11.0. The van der Waals surface area contributed by atoms with E-state index in [-0.39, 0.29) is 16.2 Å². The Bertz CT molecular complexity index is 304. The smallest absolute Gasteiger partial charge is 0.237 e. The molecule has 1 aliphatic rings. The van der Waals surface area contributed by atoms with Crippen LogP contribution in [0.25, 0.3) is 0 Å². The summed E-state index contributed by atoms with van der Waals surface area (Å²) in [5.74, 6) is 0.187. The van der Waals surface area contributed by atoms with Crippen molar-refractivity contribution >= 4 is 17.7 Å². The molecule has 1 heterocycles. The topological polar surface area (TPSA) is 29.1 Å². The van der Waals surface area contributed by atoms with Crippen LogP contribution >= 0.6 is 11.8 Å². The Balaban J connectivity index is 2.73. The Morgan fingerprint density at radius 2 is 2.12 bits per heavy atom. The predicted octanol–water partition coefficient (Wildman–Crippen LogP) is 3.48. The van der Waals surface area contributed by atoms with Gasteiger partial charge in [-0.25, -0.2) is 0 Å². The van der Waals surface area contributed by atoms with Crippen LogP contribution in [0.3, 0.4) is 0 Å². The van der Waals surface area contributed by atoms with Crippen molar-refractivity contribution in [1.82, 2.24) is 5.32 Å². The van der Waals surface area contributed by atoms with Crippen LogP contribution in [0.2, 0.25) is 0 Å². The number of amides is 1. The van der Waals surface area contributed by atoms with E-state index in [0.29, 0.717) is 0 Å². The molecule has 0 aromatic heterocycles. The molecule has 0 spiro atoms. The fourth-order valence-corrected chi connectivity index (χ4v) is 3.07. The van der Waals surface area contributed by atoms with E-state index in [0.717, 1.165) is 19.3 Å². The highest BCUT2D eigenvalue weighted by molar-refractivity contribution is 8.05. The largest absolute Gasteiger partial charge is 0.350 e. The lowest BCUT2D eigenvalue weighted by Gasteiger charge is -2.31. The van der Waals surface area contributed by atoms with Gasteiger partial charge in [-0.1, -0.05) is 19.9 Å². The summed E-state index contributed by atoms with van der Waals surface area (Å²) in [5, 5.41) is 3.10. The minimum absolute atomic E-state index is 0.144. The second-order valence-corrected chi connectivity index (χ2v) is 6.89. The van der Waals surface area contributed by atoms with Crippen LogP contribution in [0.4, 0.5) is 0 Å². The van der Waals surface area contributed by atoms with Crippen LogP contribution in [0.1, 0.15) is 53.9 Å². The SMILES string of the molecule is CCC1=CCC(CC)(C(=O)NC(C)(C)C)S1. The predicted molar refractivity (Wildman–Crippen MR) is 71.5 cm³/mol. The lowest BCUT2D eigenvalue weighted by molar-refractivity contribution is -0.124. The van der Waals surface area contributed by atoms with Gasteiger partial charge in [-0.05, 0) is 44.9 Å². The van der Waals surface area contributed by atoms with Crippen molar-refractivity contribution in [1.29, 1.82) is 0 Å². The van der Waals surface area contributed by atoms with Crippen LogP contribution in [0.5, 0.6) is 0 Å². The van der Waals surface area contributed by atoms with Crippen molar-refractivity contribution in [2.75, 3.05) is 0 Å². The Labute approximate surface area is 103 Å². The first-order valence-electron chi connectivity index (χ1n) is 6.03. The molecule has 0 aromatic carbocycles. The third-order valence-corrected chi connectivity index (χ3v) is 4.56. The molecule has 16 heavy (non-hydrogen) atoms. The summed E-state index contributed by atoms with van der Waals surface area (Å²) < 4.78 is -0.251. The standard InChI is InChI=1S/C13H23NOS/c1-6-10-8-9-13(7-2,16-10)11(15)14-12(3,4)5/h8H,6-7,9H2,1-5H3,(H,14,15). The summed E-state index contributed by atoms with van der Waals surface area (Å²) in [5.41, 5.74) is -0.144. The van der Waals surface area contributed by atoms with Gasteiger partial charge in [-0.3, -0.25) is 4.79 Å². The molecule has 2 nitrogen and oxygen atoms in total. The molecule has 0 aliphatic carbocycles. The first-order chi connectivity index (χ1) is 7.33. The zero-order valence-corrected chi connectivity index (χ0v) is 11.8. The van der Waals surface area contributed by atoms with E-state index in [1.807, 2.05) is 20.8 Å². The highest BCUT2D eigenvalue weighted by Gasteiger charge is 2.41. The molecule has 1 atom stereocenters. The third-order valence-electron chi connectivity index (χ3n) is 2.81. The fraction of sp³-hybridized carbons (Fsp3) is 0.769. The summed E-state index contributed by atoms with van der Waals surface area (Å²) in [4.78, 5) is 13.7. The molecular formula is C13H23NOS. The normalized spacial score (nSPS) is 25.4. The van der Waals surface area contributed by atoms with Gasteiger partial charge in [0.1, 0.15) is 4.75 Å². The number of rotatable bonds is 3. The molecule has 1 N–H and O–H groups in total. The minimum atomic E-state index is -0.251. The highest BCUT2D eigenvalue weighted by Crippen LogP contribution is 2.45. The van der Waals surface area contributed by atoms with Crippen LogP contribution in [0, 0.1) is 0 Å².